The van der Waals surface area contributed by atoms with E-state index in [0.29, 0.717) is 30.4 Å². The molecule has 33 heavy (non-hydrogen) atoms. The summed E-state index contributed by atoms with van der Waals surface area (Å²) in [6.07, 6.45) is 4.73. The van der Waals surface area contributed by atoms with Crippen molar-refractivity contribution < 1.29 is 9.53 Å². The smallest absolute Gasteiger partial charge is 0.222 e. The molecular weight excluding hydrogens is 418 g/mol. The number of pyridine rings is 1. The first-order valence-electron chi connectivity index (χ1n) is 11.2. The highest BCUT2D eigenvalue weighted by Crippen LogP contribution is 2.32. The van der Waals surface area contributed by atoms with Gasteiger partial charge >= 0.3 is 0 Å². The van der Waals surface area contributed by atoms with Gasteiger partial charge in [-0.3, -0.25) is 4.79 Å². The number of aryl methyl sites for hydroxylation is 1. The summed E-state index contributed by atoms with van der Waals surface area (Å²) in [5.41, 5.74) is 3.35. The molecule has 9 heteroatoms. The van der Waals surface area contributed by atoms with Crippen LogP contribution in [0.5, 0.6) is 5.88 Å². The maximum Gasteiger partial charge on any atom is 0.222 e. The van der Waals surface area contributed by atoms with Crippen LogP contribution >= 0.6 is 0 Å². The number of ether oxygens (including phenoxy) is 1. The Morgan fingerprint density at radius 3 is 2.85 bits per heavy atom. The number of imidazole rings is 1. The van der Waals surface area contributed by atoms with Gasteiger partial charge < -0.3 is 19.9 Å². The average molecular weight is 446 g/mol. The van der Waals surface area contributed by atoms with Crippen molar-refractivity contribution >= 4 is 33.7 Å². The van der Waals surface area contributed by atoms with Crippen molar-refractivity contribution in [3.05, 3.63) is 48.2 Å². The van der Waals surface area contributed by atoms with Gasteiger partial charge in [0.05, 0.1) is 18.1 Å². The second kappa shape index (κ2) is 8.65. The number of nitrogens with one attached hydrogen (secondary N) is 2. The minimum Gasteiger partial charge on any atom is -0.474 e. The molecule has 1 aliphatic rings. The van der Waals surface area contributed by atoms with Gasteiger partial charge in [-0.25, -0.2) is 19.9 Å². The third-order valence-corrected chi connectivity index (χ3v) is 6.24. The van der Waals surface area contributed by atoms with Gasteiger partial charge in [0.2, 0.25) is 11.8 Å². The molecule has 1 saturated heterocycles. The van der Waals surface area contributed by atoms with Crippen molar-refractivity contribution in [1.82, 2.24) is 29.8 Å². The van der Waals surface area contributed by atoms with Crippen LogP contribution in [0.15, 0.2) is 36.9 Å². The minimum absolute atomic E-state index is 0.0286. The van der Waals surface area contributed by atoms with Crippen molar-refractivity contribution in [2.45, 2.75) is 45.8 Å². The van der Waals surface area contributed by atoms with Gasteiger partial charge in [0, 0.05) is 38.2 Å². The first-order valence-corrected chi connectivity index (χ1v) is 11.2. The molecule has 1 fully saturated rings. The molecule has 2 N–H and O–H groups in total. The van der Waals surface area contributed by atoms with Crippen molar-refractivity contribution in [3.8, 4) is 5.88 Å². The molecule has 9 nitrogen and oxygen atoms in total. The summed E-state index contributed by atoms with van der Waals surface area (Å²) in [6, 6.07) is 8.18. The van der Waals surface area contributed by atoms with Crippen LogP contribution < -0.4 is 10.1 Å². The third-order valence-electron chi connectivity index (χ3n) is 6.24. The van der Waals surface area contributed by atoms with Gasteiger partial charge in [0.1, 0.15) is 17.9 Å². The van der Waals surface area contributed by atoms with E-state index in [-0.39, 0.29) is 18.1 Å². The molecule has 0 saturated carbocycles. The topological polar surface area (TPSA) is 109 Å². The summed E-state index contributed by atoms with van der Waals surface area (Å²) in [4.78, 5) is 34.3. The Hall–Kier alpha value is -3.75. The van der Waals surface area contributed by atoms with Crippen molar-refractivity contribution in [2.75, 3.05) is 18.4 Å². The highest BCUT2D eigenvalue weighted by molar-refractivity contribution is 5.90. The molecule has 170 valence electrons. The molecule has 0 aliphatic carbocycles. The van der Waals surface area contributed by atoms with Gasteiger partial charge in [-0.1, -0.05) is 18.2 Å². The number of aromatic nitrogens is 5. The van der Waals surface area contributed by atoms with Gasteiger partial charge in [-0.2, -0.15) is 0 Å². The largest absolute Gasteiger partial charge is 0.474 e. The predicted molar refractivity (Wildman–Crippen MR) is 126 cm³/mol. The fraction of sp³-hybridized carbons (Fsp3) is 0.375. The fourth-order valence-electron chi connectivity index (χ4n) is 4.37. The number of aromatic amines is 1. The third kappa shape index (κ3) is 4.18. The summed E-state index contributed by atoms with van der Waals surface area (Å²) in [5, 5.41) is 5.54. The number of piperidine rings is 1. The Morgan fingerprint density at radius 1 is 1.24 bits per heavy atom. The average Bonchev–Trinajstić information content (AvgIpc) is 3.29. The molecule has 1 amide bonds. The molecule has 4 aromatic rings. The number of rotatable bonds is 5. The Morgan fingerprint density at radius 2 is 2.06 bits per heavy atom. The van der Waals surface area contributed by atoms with Gasteiger partial charge in [0.15, 0.2) is 11.5 Å². The van der Waals surface area contributed by atoms with Crippen molar-refractivity contribution in [1.29, 1.82) is 0 Å². The normalized spacial score (nSPS) is 15.7. The molecule has 5 rings (SSSR count). The van der Waals surface area contributed by atoms with Crippen LogP contribution in [0.4, 0.5) is 5.82 Å². The van der Waals surface area contributed by atoms with E-state index in [1.54, 1.807) is 13.3 Å². The van der Waals surface area contributed by atoms with Crippen LogP contribution in [-0.4, -0.2) is 54.9 Å². The lowest BCUT2D eigenvalue weighted by atomic mass is 10.0. The fourth-order valence-corrected chi connectivity index (χ4v) is 4.37. The van der Waals surface area contributed by atoms with E-state index in [9.17, 15) is 4.79 Å². The molecule has 1 unspecified atom stereocenters. The Bertz CT molecular complexity index is 1310. The number of hydrogen-bond donors (Lipinski definition) is 2. The van der Waals surface area contributed by atoms with Crippen LogP contribution in [-0.2, 0) is 4.79 Å². The second-order valence-corrected chi connectivity index (χ2v) is 8.54. The summed E-state index contributed by atoms with van der Waals surface area (Å²) in [7, 11) is 0. The van der Waals surface area contributed by atoms with Crippen LogP contribution in [0.2, 0.25) is 0 Å². The minimum atomic E-state index is -0.127. The predicted octanol–water partition coefficient (Wildman–Crippen LogP) is 3.77. The van der Waals surface area contributed by atoms with Crippen LogP contribution in [0.1, 0.15) is 44.0 Å². The van der Waals surface area contributed by atoms with Crippen LogP contribution in [0, 0.1) is 6.92 Å². The number of anilines is 1. The van der Waals surface area contributed by atoms with E-state index in [4.69, 9.17) is 9.72 Å². The number of H-pyrrole nitrogens is 1. The van der Waals surface area contributed by atoms with Crippen LogP contribution in [0.25, 0.3) is 21.9 Å². The maximum atomic E-state index is 11.7. The molecule has 1 aromatic carbocycles. The summed E-state index contributed by atoms with van der Waals surface area (Å²) < 4.78 is 6.46. The number of likely N-dealkylation sites (tertiary alicyclic amines) is 1. The van der Waals surface area contributed by atoms with E-state index in [2.05, 4.69) is 50.4 Å². The lowest BCUT2D eigenvalue weighted by Gasteiger charge is -2.31. The quantitative estimate of drug-likeness (QED) is 0.481. The zero-order chi connectivity index (χ0) is 22.9. The SMILES string of the molecule is CC(=O)N1CCC(Oc2nc(C(C)Nc3ncnc4nc[nH]c34)cc3cccc(C)c23)CC1. The maximum absolute atomic E-state index is 11.7. The Balaban J connectivity index is 1.45. The second-order valence-electron chi connectivity index (χ2n) is 8.54. The first kappa shape index (κ1) is 21.1. The molecule has 3 aromatic heterocycles. The number of benzene rings is 1. The zero-order valence-electron chi connectivity index (χ0n) is 19.0. The van der Waals surface area contributed by atoms with Crippen molar-refractivity contribution in [3.63, 3.8) is 0 Å². The number of hydrogen-bond acceptors (Lipinski definition) is 7. The Kier molecular flexibility index (Phi) is 5.53. The molecule has 1 atom stereocenters. The molecule has 0 radical (unpaired) electrons. The van der Waals surface area contributed by atoms with Gasteiger partial charge in [-0.05, 0) is 30.9 Å². The van der Waals surface area contributed by atoms with E-state index < -0.39 is 0 Å². The molecular formula is C24H27N7O2. The van der Waals surface area contributed by atoms with Gasteiger partial charge in [-0.15, -0.1) is 0 Å². The highest BCUT2D eigenvalue weighted by atomic mass is 16.5. The lowest BCUT2D eigenvalue weighted by Crippen LogP contribution is -2.40. The van der Waals surface area contributed by atoms with E-state index >= 15 is 0 Å². The monoisotopic (exact) mass is 445 g/mol. The number of carbonyl (C=O) groups excluding carboxylic acids is 1. The highest BCUT2D eigenvalue weighted by Gasteiger charge is 2.24. The van der Waals surface area contributed by atoms with Crippen molar-refractivity contribution in [2.24, 2.45) is 0 Å². The number of fused-ring (bicyclic) bond motifs is 2. The number of nitrogens with zero attached hydrogens (tertiary/aromatic N) is 5. The lowest BCUT2D eigenvalue weighted by molar-refractivity contribution is -0.130. The van der Waals surface area contributed by atoms with Crippen LogP contribution in [0.3, 0.4) is 0 Å². The zero-order valence-corrected chi connectivity index (χ0v) is 19.0. The summed E-state index contributed by atoms with van der Waals surface area (Å²) >= 11 is 0. The number of carbonyl (C=O) groups is 1. The summed E-state index contributed by atoms with van der Waals surface area (Å²) in [5.74, 6) is 1.44. The summed E-state index contributed by atoms with van der Waals surface area (Å²) in [6.45, 7) is 7.16. The molecule has 0 spiro atoms. The Labute approximate surface area is 191 Å². The van der Waals surface area contributed by atoms with E-state index in [0.717, 1.165) is 40.4 Å². The van der Waals surface area contributed by atoms with E-state index in [1.807, 2.05) is 17.9 Å². The first-order chi connectivity index (χ1) is 16.0. The molecule has 0 bridgehead atoms. The molecule has 4 heterocycles. The number of amides is 1. The standard InChI is InChI=1S/C24H27N7O2/c1-14-5-4-6-17-11-19(15(2)29-23-21-22(26-12-25-21)27-13-28-23)30-24(20(14)17)33-18-7-9-31(10-8-18)16(3)32/h4-6,11-13,15,18H,7-10H2,1-3H3,(H2,25,26,27,28,29). The van der Waals surface area contributed by atoms with E-state index in [1.165, 1.54) is 6.33 Å². The van der Waals surface area contributed by atoms with Gasteiger partial charge in [0.25, 0.3) is 0 Å². The molecule has 1 aliphatic heterocycles.